The van der Waals surface area contributed by atoms with Gasteiger partial charge in [0.05, 0.1) is 18.3 Å². The molecule has 1 aromatic heterocycles. The van der Waals surface area contributed by atoms with Crippen LogP contribution in [0.4, 0.5) is 10.5 Å². The average molecular weight is 460 g/mol. The molecule has 174 valence electrons. The van der Waals surface area contributed by atoms with Crippen LogP contribution >= 0.6 is 0 Å². The standard InChI is InChI=1S/C26H25N3O5/c1-16(25(31)32)29(2)24(30)13-17-11-12-18(14-27-17)28-26(33)34-15-23-21-9-5-3-7-19(21)20-8-4-6-10-22(20)23/h3-12,14,16,23H,13,15H2,1-2H3,(H,28,33)(H,31,32)/t16-/m0/s1. The topological polar surface area (TPSA) is 109 Å². The Balaban J connectivity index is 1.34. The highest BCUT2D eigenvalue weighted by Gasteiger charge is 2.29. The molecular formula is C26H25N3O5. The molecule has 0 saturated heterocycles. The molecule has 2 aromatic carbocycles. The lowest BCUT2D eigenvalue weighted by Crippen LogP contribution is -2.41. The summed E-state index contributed by atoms with van der Waals surface area (Å²) in [5.74, 6) is -1.47. The van der Waals surface area contributed by atoms with Gasteiger partial charge >= 0.3 is 12.1 Å². The second-order valence-electron chi connectivity index (χ2n) is 8.18. The molecule has 1 atom stereocenters. The fraction of sp³-hybridized carbons (Fsp3) is 0.231. The molecule has 0 unspecified atom stereocenters. The highest BCUT2D eigenvalue weighted by atomic mass is 16.5. The number of aromatic nitrogens is 1. The quantitative estimate of drug-likeness (QED) is 0.554. The Bertz CT molecular complexity index is 1180. The van der Waals surface area contributed by atoms with E-state index in [1.807, 2.05) is 24.3 Å². The number of nitrogens with one attached hydrogen (secondary N) is 1. The van der Waals surface area contributed by atoms with E-state index in [9.17, 15) is 14.4 Å². The van der Waals surface area contributed by atoms with Crippen LogP contribution in [0.1, 0.15) is 29.7 Å². The van der Waals surface area contributed by atoms with Gasteiger partial charge in [-0.1, -0.05) is 48.5 Å². The Morgan fingerprint density at radius 3 is 2.21 bits per heavy atom. The molecule has 8 nitrogen and oxygen atoms in total. The minimum absolute atomic E-state index is 0.0325. The van der Waals surface area contributed by atoms with Gasteiger partial charge in [-0.2, -0.15) is 0 Å². The van der Waals surface area contributed by atoms with Crippen molar-refractivity contribution in [1.82, 2.24) is 9.88 Å². The minimum Gasteiger partial charge on any atom is -0.480 e. The molecule has 0 saturated carbocycles. The molecule has 8 heteroatoms. The van der Waals surface area contributed by atoms with E-state index >= 15 is 0 Å². The number of carboxylic acid groups (broad SMARTS) is 1. The lowest BCUT2D eigenvalue weighted by Gasteiger charge is -2.21. The van der Waals surface area contributed by atoms with Crippen LogP contribution in [0.3, 0.4) is 0 Å². The number of hydrogen-bond donors (Lipinski definition) is 2. The molecule has 0 aliphatic heterocycles. The number of pyridine rings is 1. The summed E-state index contributed by atoms with van der Waals surface area (Å²) >= 11 is 0. The van der Waals surface area contributed by atoms with E-state index < -0.39 is 18.1 Å². The molecule has 0 radical (unpaired) electrons. The number of carbonyl (C=O) groups is 3. The predicted molar refractivity (Wildman–Crippen MR) is 127 cm³/mol. The fourth-order valence-corrected chi connectivity index (χ4v) is 4.02. The predicted octanol–water partition coefficient (Wildman–Crippen LogP) is 3.92. The molecule has 0 fully saturated rings. The van der Waals surface area contributed by atoms with Crippen molar-refractivity contribution in [3.8, 4) is 11.1 Å². The maximum absolute atomic E-state index is 12.4. The van der Waals surface area contributed by atoms with E-state index in [0.717, 1.165) is 27.2 Å². The summed E-state index contributed by atoms with van der Waals surface area (Å²) in [7, 11) is 1.44. The lowest BCUT2D eigenvalue weighted by molar-refractivity contribution is -0.148. The Labute approximate surface area is 197 Å². The van der Waals surface area contributed by atoms with Gasteiger partial charge in [-0.05, 0) is 41.3 Å². The Kier molecular flexibility index (Phi) is 6.58. The van der Waals surface area contributed by atoms with Crippen molar-refractivity contribution in [2.45, 2.75) is 25.3 Å². The van der Waals surface area contributed by atoms with Crippen LogP contribution in [0.5, 0.6) is 0 Å². The van der Waals surface area contributed by atoms with Crippen molar-refractivity contribution in [2.75, 3.05) is 19.0 Å². The highest BCUT2D eigenvalue weighted by Crippen LogP contribution is 2.44. The second kappa shape index (κ2) is 9.74. The first kappa shape index (κ1) is 23.0. The third-order valence-corrected chi connectivity index (χ3v) is 6.08. The van der Waals surface area contributed by atoms with Gasteiger partial charge in [-0.3, -0.25) is 15.1 Å². The summed E-state index contributed by atoms with van der Waals surface area (Å²) in [5, 5.41) is 11.7. The number of anilines is 1. The van der Waals surface area contributed by atoms with E-state index in [0.29, 0.717) is 11.4 Å². The number of hydrogen-bond acceptors (Lipinski definition) is 5. The average Bonchev–Trinajstić information content (AvgIpc) is 3.16. The largest absolute Gasteiger partial charge is 0.480 e. The molecule has 2 amide bonds. The maximum atomic E-state index is 12.4. The first-order valence-corrected chi connectivity index (χ1v) is 10.9. The van der Waals surface area contributed by atoms with Gasteiger partial charge in [0, 0.05) is 18.7 Å². The van der Waals surface area contributed by atoms with Crippen molar-refractivity contribution >= 4 is 23.7 Å². The zero-order valence-corrected chi connectivity index (χ0v) is 18.9. The SMILES string of the molecule is C[C@@H](C(=O)O)N(C)C(=O)Cc1ccc(NC(=O)OCC2c3ccccc3-c3ccccc32)cn1. The molecular weight excluding hydrogens is 434 g/mol. The van der Waals surface area contributed by atoms with Crippen molar-refractivity contribution in [3.63, 3.8) is 0 Å². The molecule has 34 heavy (non-hydrogen) atoms. The third-order valence-electron chi connectivity index (χ3n) is 6.08. The number of carboxylic acids is 1. The van der Waals surface area contributed by atoms with Crippen LogP contribution in [-0.2, 0) is 20.7 Å². The van der Waals surface area contributed by atoms with E-state index in [4.69, 9.17) is 9.84 Å². The molecule has 1 heterocycles. The highest BCUT2D eigenvalue weighted by molar-refractivity contribution is 5.86. The first-order chi connectivity index (χ1) is 16.3. The zero-order chi connectivity index (χ0) is 24.2. The van der Waals surface area contributed by atoms with Gasteiger partial charge in [0.15, 0.2) is 0 Å². The van der Waals surface area contributed by atoms with E-state index in [2.05, 4.69) is 34.6 Å². The summed E-state index contributed by atoms with van der Waals surface area (Å²) < 4.78 is 5.52. The van der Waals surface area contributed by atoms with E-state index in [1.165, 1.54) is 20.2 Å². The number of likely N-dealkylation sites (N-methyl/N-ethyl adjacent to an activating group) is 1. The first-order valence-electron chi connectivity index (χ1n) is 10.9. The summed E-state index contributed by atoms with van der Waals surface area (Å²) in [5.41, 5.74) is 5.48. The second-order valence-corrected chi connectivity index (χ2v) is 8.18. The van der Waals surface area contributed by atoms with Gasteiger partial charge in [0.1, 0.15) is 12.6 Å². The molecule has 4 rings (SSSR count). The van der Waals surface area contributed by atoms with Crippen LogP contribution in [-0.4, -0.2) is 52.7 Å². The minimum atomic E-state index is -1.08. The molecule has 0 bridgehead atoms. The van der Waals surface area contributed by atoms with Crippen LogP contribution in [0.25, 0.3) is 11.1 Å². The Morgan fingerprint density at radius 1 is 1.03 bits per heavy atom. The molecule has 1 aliphatic carbocycles. The molecule has 3 aromatic rings. The number of fused-ring (bicyclic) bond motifs is 3. The van der Waals surface area contributed by atoms with Gasteiger partial charge in [-0.15, -0.1) is 0 Å². The zero-order valence-electron chi connectivity index (χ0n) is 18.9. The van der Waals surface area contributed by atoms with Crippen molar-refractivity contribution in [3.05, 3.63) is 83.7 Å². The molecule has 1 aliphatic rings. The number of amides is 2. The normalized spacial score (nSPS) is 12.9. The van der Waals surface area contributed by atoms with E-state index in [1.54, 1.807) is 12.1 Å². The number of ether oxygens (including phenoxy) is 1. The van der Waals surface area contributed by atoms with Gasteiger partial charge in [-0.25, -0.2) is 9.59 Å². The summed E-state index contributed by atoms with van der Waals surface area (Å²) in [6.07, 6.45) is 0.798. The van der Waals surface area contributed by atoms with Crippen LogP contribution in [0.15, 0.2) is 66.9 Å². The van der Waals surface area contributed by atoms with Crippen LogP contribution < -0.4 is 5.32 Å². The van der Waals surface area contributed by atoms with Gasteiger partial charge < -0.3 is 14.7 Å². The molecule has 2 N–H and O–H groups in total. The van der Waals surface area contributed by atoms with Gasteiger partial charge in [0.2, 0.25) is 5.91 Å². The number of nitrogens with zero attached hydrogens (tertiary/aromatic N) is 2. The summed E-state index contributed by atoms with van der Waals surface area (Å²) in [4.78, 5) is 41.0. The number of carbonyl (C=O) groups excluding carboxylic acids is 2. The third kappa shape index (κ3) is 4.76. The number of rotatable bonds is 7. The monoisotopic (exact) mass is 459 g/mol. The number of aliphatic carboxylic acids is 1. The maximum Gasteiger partial charge on any atom is 0.411 e. The summed E-state index contributed by atoms with van der Waals surface area (Å²) in [6.45, 7) is 1.64. The molecule has 0 spiro atoms. The van der Waals surface area contributed by atoms with Crippen molar-refractivity contribution < 1.29 is 24.2 Å². The van der Waals surface area contributed by atoms with Gasteiger partial charge in [0.25, 0.3) is 0 Å². The lowest BCUT2D eigenvalue weighted by atomic mass is 9.98. The van der Waals surface area contributed by atoms with Crippen LogP contribution in [0, 0.1) is 0 Å². The Morgan fingerprint density at radius 2 is 1.65 bits per heavy atom. The van der Waals surface area contributed by atoms with Crippen molar-refractivity contribution in [1.29, 1.82) is 0 Å². The fourth-order valence-electron chi connectivity index (χ4n) is 4.02. The van der Waals surface area contributed by atoms with Crippen LogP contribution in [0.2, 0.25) is 0 Å². The summed E-state index contributed by atoms with van der Waals surface area (Å²) in [6, 6.07) is 18.5. The van der Waals surface area contributed by atoms with Crippen molar-refractivity contribution in [2.24, 2.45) is 0 Å². The Hall–Kier alpha value is -4.20. The smallest absolute Gasteiger partial charge is 0.411 e. The van der Waals surface area contributed by atoms with E-state index in [-0.39, 0.29) is 24.9 Å². The number of benzene rings is 2.